The second-order valence-corrected chi connectivity index (χ2v) is 5.03. The lowest BCUT2D eigenvalue weighted by Gasteiger charge is -2.09. The molecular weight excluding hydrogens is 250 g/mol. The van der Waals surface area contributed by atoms with E-state index in [1.54, 1.807) is 26.1 Å². The van der Waals surface area contributed by atoms with Crippen molar-refractivity contribution < 1.29 is 9.53 Å². The third kappa shape index (κ3) is 2.70. The smallest absolute Gasteiger partial charge is 0.241 e. The molecule has 1 aromatic heterocycles. The molecule has 0 saturated heterocycles. The third-order valence-electron chi connectivity index (χ3n) is 2.49. The monoisotopic (exact) mass is 265 g/mol. The van der Waals surface area contributed by atoms with Crippen molar-refractivity contribution in [3.63, 3.8) is 0 Å². The number of carbonyl (C=O) groups is 1. The van der Waals surface area contributed by atoms with E-state index in [1.807, 2.05) is 18.2 Å². The fourth-order valence-electron chi connectivity index (χ4n) is 1.42. The zero-order chi connectivity index (χ0) is 13.1. The van der Waals surface area contributed by atoms with Crippen molar-refractivity contribution in [1.82, 2.24) is 9.88 Å². The van der Waals surface area contributed by atoms with Gasteiger partial charge in [-0.3, -0.25) is 4.79 Å². The molecule has 0 aliphatic heterocycles. The van der Waals surface area contributed by atoms with Gasteiger partial charge in [0.25, 0.3) is 0 Å². The Balaban J connectivity index is 2.12. The van der Waals surface area contributed by atoms with E-state index in [2.05, 4.69) is 10.3 Å². The summed E-state index contributed by atoms with van der Waals surface area (Å²) in [6, 6.07) is 5.71. The summed E-state index contributed by atoms with van der Waals surface area (Å²) >= 11 is 1.51. The van der Waals surface area contributed by atoms with Crippen molar-refractivity contribution in [3.8, 4) is 5.75 Å². The quantitative estimate of drug-likeness (QED) is 0.916. The minimum absolute atomic E-state index is 0.0202. The van der Waals surface area contributed by atoms with Crippen LogP contribution in [0.25, 0.3) is 10.2 Å². The summed E-state index contributed by atoms with van der Waals surface area (Å²) in [5, 5.41) is 3.77. The highest BCUT2D eigenvalue weighted by molar-refractivity contribution is 7.22. The fraction of sp³-hybridized carbons (Fsp3) is 0.333. The molecule has 0 aliphatic carbocycles. The molecule has 18 heavy (non-hydrogen) atoms. The number of benzene rings is 1. The Morgan fingerprint density at radius 3 is 2.94 bits per heavy atom. The van der Waals surface area contributed by atoms with E-state index < -0.39 is 0 Å². The number of hydrogen-bond acceptors (Lipinski definition) is 5. The van der Waals surface area contributed by atoms with Crippen LogP contribution in [-0.4, -0.2) is 43.5 Å². The van der Waals surface area contributed by atoms with Gasteiger partial charge in [-0.05, 0) is 18.2 Å². The minimum Gasteiger partial charge on any atom is -0.497 e. The molecule has 0 saturated carbocycles. The molecule has 0 fully saturated rings. The highest BCUT2D eigenvalue weighted by Crippen LogP contribution is 2.28. The van der Waals surface area contributed by atoms with Gasteiger partial charge in [0.1, 0.15) is 5.75 Å². The third-order valence-corrected chi connectivity index (χ3v) is 3.46. The van der Waals surface area contributed by atoms with E-state index >= 15 is 0 Å². The normalized spacial score (nSPS) is 10.4. The standard InChI is InChI=1S/C12H15N3O2S/c1-15(2)11(16)7-13-12-14-9-5-4-8(17-3)6-10(9)18-12/h4-6H,7H2,1-3H3,(H,13,14). The summed E-state index contributed by atoms with van der Waals surface area (Å²) in [4.78, 5) is 17.4. The Bertz CT molecular complexity index is 565. The Morgan fingerprint density at radius 2 is 2.28 bits per heavy atom. The largest absolute Gasteiger partial charge is 0.497 e. The van der Waals surface area contributed by atoms with Crippen molar-refractivity contribution in [2.75, 3.05) is 33.1 Å². The van der Waals surface area contributed by atoms with E-state index in [0.717, 1.165) is 21.1 Å². The number of aromatic nitrogens is 1. The Labute approximate surface area is 109 Å². The summed E-state index contributed by atoms with van der Waals surface area (Å²) in [6.07, 6.45) is 0. The van der Waals surface area contributed by atoms with Crippen LogP contribution in [0.2, 0.25) is 0 Å². The van der Waals surface area contributed by atoms with E-state index in [9.17, 15) is 4.79 Å². The number of rotatable bonds is 4. The van der Waals surface area contributed by atoms with E-state index in [0.29, 0.717) is 0 Å². The molecule has 1 aromatic carbocycles. The average molecular weight is 265 g/mol. The van der Waals surface area contributed by atoms with Gasteiger partial charge >= 0.3 is 0 Å². The first kappa shape index (κ1) is 12.6. The number of carbonyl (C=O) groups excluding carboxylic acids is 1. The fourth-order valence-corrected chi connectivity index (χ4v) is 2.31. The summed E-state index contributed by atoms with van der Waals surface area (Å²) in [7, 11) is 5.09. The van der Waals surface area contributed by atoms with Gasteiger partial charge in [-0.2, -0.15) is 0 Å². The van der Waals surface area contributed by atoms with Crippen molar-refractivity contribution >= 4 is 32.6 Å². The van der Waals surface area contributed by atoms with Crippen LogP contribution in [0.1, 0.15) is 0 Å². The van der Waals surface area contributed by atoms with Gasteiger partial charge < -0.3 is 15.0 Å². The van der Waals surface area contributed by atoms with Crippen molar-refractivity contribution in [2.45, 2.75) is 0 Å². The molecule has 0 spiro atoms. The molecule has 1 heterocycles. The maximum Gasteiger partial charge on any atom is 0.241 e. The molecule has 5 nitrogen and oxygen atoms in total. The number of ether oxygens (including phenoxy) is 1. The number of hydrogen-bond donors (Lipinski definition) is 1. The lowest BCUT2D eigenvalue weighted by molar-refractivity contribution is -0.126. The first-order valence-corrected chi connectivity index (χ1v) is 6.30. The van der Waals surface area contributed by atoms with Crippen molar-refractivity contribution in [2.24, 2.45) is 0 Å². The Kier molecular flexibility index (Phi) is 3.66. The maximum atomic E-state index is 11.5. The van der Waals surface area contributed by atoms with Crippen LogP contribution < -0.4 is 10.1 Å². The highest BCUT2D eigenvalue weighted by atomic mass is 32.1. The summed E-state index contributed by atoms with van der Waals surface area (Å²) < 4.78 is 6.20. The van der Waals surface area contributed by atoms with Gasteiger partial charge in [0, 0.05) is 14.1 Å². The number of anilines is 1. The molecule has 2 aromatic rings. The van der Waals surface area contributed by atoms with E-state index in [-0.39, 0.29) is 12.5 Å². The van der Waals surface area contributed by atoms with Gasteiger partial charge in [-0.15, -0.1) is 0 Å². The first-order chi connectivity index (χ1) is 8.60. The number of thiazole rings is 1. The molecule has 0 atom stereocenters. The molecule has 6 heteroatoms. The summed E-state index contributed by atoms with van der Waals surface area (Å²) in [6.45, 7) is 0.254. The molecular formula is C12H15N3O2S. The molecule has 1 N–H and O–H groups in total. The van der Waals surface area contributed by atoms with Gasteiger partial charge in [0.05, 0.1) is 23.9 Å². The van der Waals surface area contributed by atoms with Crippen LogP contribution >= 0.6 is 11.3 Å². The predicted molar refractivity (Wildman–Crippen MR) is 73.4 cm³/mol. The molecule has 0 unspecified atom stereocenters. The zero-order valence-electron chi connectivity index (χ0n) is 10.6. The van der Waals surface area contributed by atoms with Crippen molar-refractivity contribution in [3.05, 3.63) is 18.2 Å². The summed E-state index contributed by atoms with van der Waals surface area (Å²) in [5.74, 6) is 0.828. The maximum absolute atomic E-state index is 11.5. The number of nitrogens with one attached hydrogen (secondary N) is 1. The molecule has 0 aliphatic rings. The molecule has 2 rings (SSSR count). The molecule has 0 radical (unpaired) electrons. The van der Waals surface area contributed by atoms with Gasteiger partial charge in [-0.1, -0.05) is 11.3 Å². The average Bonchev–Trinajstić information content (AvgIpc) is 2.77. The number of amides is 1. The molecule has 1 amide bonds. The predicted octanol–water partition coefficient (Wildman–Crippen LogP) is 1.80. The number of likely N-dealkylation sites (N-methyl/N-ethyl adjacent to an activating group) is 1. The van der Waals surface area contributed by atoms with Crippen LogP contribution in [0, 0.1) is 0 Å². The Morgan fingerprint density at radius 1 is 1.50 bits per heavy atom. The van der Waals surface area contributed by atoms with Crippen LogP contribution in [0.4, 0.5) is 5.13 Å². The Hall–Kier alpha value is -1.82. The topological polar surface area (TPSA) is 54.5 Å². The first-order valence-electron chi connectivity index (χ1n) is 5.49. The SMILES string of the molecule is COc1ccc2nc(NCC(=O)N(C)C)sc2c1. The number of methoxy groups -OCH3 is 1. The van der Waals surface area contributed by atoms with Crippen LogP contribution in [0.5, 0.6) is 5.75 Å². The number of fused-ring (bicyclic) bond motifs is 1. The van der Waals surface area contributed by atoms with Gasteiger partial charge in [0.2, 0.25) is 5.91 Å². The van der Waals surface area contributed by atoms with Crippen LogP contribution in [-0.2, 0) is 4.79 Å². The molecule has 0 bridgehead atoms. The number of nitrogens with zero attached hydrogens (tertiary/aromatic N) is 2. The second kappa shape index (κ2) is 5.22. The van der Waals surface area contributed by atoms with Crippen LogP contribution in [0.3, 0.4) is 0 Å². The minimum atomic E-state index is 0.0202. The van der Waals surface area contributed by atoms with E-state index in [1.165, 1.54) is 11.3 Å². The van der Waals surface area contributed by atoms with Crippen LogP contribution in [0.15, 0.2) is 18.2 Å². The van der Waals surface area contributed by atoms with Crippen molar-refractivity contribution in [1.29, 1.82) is 0 Å². The lowest BCUT2D eigenvalue weighted by atomic mass is 10.3. The second-order valence-electron chi connectivity index (χ2n) is 3.99. The van der Waals surface area contributed by atoms with E-state index in [4.69, 9.17) is 4.74 Å². The zero-order valence-corrected chi connectivity index (χ0v) is 11.4. The van der Waals surface area contributed by atoms with Gasteiger partial charge in [-0.25, -0.2) is 4.98 Å². The van der Waals surface area contributed by atoms with Gasteiger partial charge in [0.15, 0.2) is 5.13 Å². The summed E-state index contributed by atoms with van der Waals surface area (Å²) in [5.41, 5.74) is 0.903. The lowest BCUT2D eigenvalue weighted by Crippen LogP contribution is -2.28. The highest BCUT2D eigenvalue weighted by Gasteiger charge is 2.07. The molecule has 96 valence electrons.